The van der Waals surface area contributed by atoms with Gasteiger partial charge in [0.15, 0.2) is 0 Å². The second-order valence-corrected chi connectivity index (χ2v) is 14.0. The Morgan fingerprint density at radius 2 is 1.66 bits per heavy atom. The first-order valence-corrected chi connectivity index (χ1v) is 17.3. The number of carbonyl (C=O) groups is 4. The highest BCUT2D eigenvalue weighted by atomic mass is 35.5. The van der Waals surface area contributed by atoms with Gasteiger partial charge in [0.25, 0.3) is 5.91 Å². The number of nitrogens with one attached hydrogen (secondary N) is 2. The Hall–Kier alpha value is -3.31. The molecule has 2 aromatic rings. The largest absolute Gasteiger partial charge is 0.481 e. The number of aliphatic carboxylic acids is 1. The van der Waals surface area contributed by atoms with Gasteiger partial charge in [-0.15, -0.1) is 0 Å². The molecule has 3 rings (SSSR count). The van der Waals surface area contributed by atoms with Crippen molar-refractivity contribution in [3.8, 4) is 0 Å². The van der Waals surface area contributed by atoms with E-state index in [0.717, 1.165) is 32.1 Å². The number of benzene rings is 1. The van der Waals surface area contributed by atoms with Crippen LogP contribution in [0.25, 0.3) is 0 Å². The molecular weight excluding hydrogens is 645 g/mol. The molecule has 0 aliphatic carbocycles. The van der Waals surface area contributed by atoms with E-state index in [2.05, 4.69) is 22.7 Å². The van der Waals surface area contributed by atoms with Crippen LogP contribution in [0.1, 0.15) is 95.8 Å². The molecule has 2 heterocycles. The minimum absolute atomic E-state index is 0.0661. The Morgan fingerprint density at radius 3 is 2.23 bits per heavy atom. The van der Waals surface area contributed by atoms with Crippen molar-refractivity contribution in [2.45, 2.75) is 110 Å². The van der Waals surface area contributed by atoms with Crippen molar-refractivity contribution in [3.63, 3.8) is 0 Å². The van der Waals surface area contributed by atoms with Crippen LogP contribution in [0, 0.1) is 11.8 Å². The Morgan fingerprint density at radius 1 is 1.02 bits per heavy atom. The zero-order valence-electron chi connectivity index (χ0n) is 27.8. The predicted molar refractivity (Wildman–Crippen MR) is 182 cm³/mol. The molecule has 3 N–H and O–H groups in total. The monoisotopic (exact) mass is 693 g/mol. The summed E-state index contributed by atoms with van der Waals surface area (Å²) >= 11 is 12.7. The minimum Gasteiger partial charge on any atom is -0.481 e. The number of aromatic nitrogens is 2. The minimum atomic E-state index is -1.22. The van der Waals surface area contributed by atoms with Gasteiger partial charge < -0.3 is 25.4 Å². The normalized spacial score (nSPS) is 15.8. The molecule has 11 nitrogen and oxygen atoms in total. The first-order chi connectivity index (χ1) is 22.3. The number of amides is 3. The summed E-state index contributed by atoms with van der Waals surface area (Å²) < 4.78 is 6.98. The first-order valence-electron chi connectivity index (χ1n) is 16.5. The van der Waals surface area contributed by atoms with Gasteiger partial charge in [-0.25, -0.2) is 4.79 Å². The lowest BCUT2D eigenvalue weighted by molar-refractivity contribution is -0.149. The van der Waals surface area contributed by atoms with Crippen LogP contribution in [0.2, 0.25) is 10.0 Å². The van der Waals surface area contributed by atoms with Gasteiger partial charge in [-0.05, 0) is 58.2 Å². The van der Waals surface area contributed by atoms with Crippen molar-refractivity contribution >= 4 is 47.1 Å². The molecular formula is C34H49Cl2N5O6. The lowest BCUT2D eigenvalue weighted by atomic mass is 9.81. The lowest BCUT2D eigenvalue weighted by Gasteiger charge is -2.36. The van der Waals surface area contributed by atoms with Crippen LogP contribution in [0.3, 0.4) is 0 Å². The van der Waals surface area contributed by atoms with Crippen molar-refractivity contribution in [3.05, 3.63) is 52.3 Å². The van der Waals surface area contributed by atoms with E-state index >= 15 is 0 Å². The highest BCUT2D eigenvalue weighted by Crippen LogP contribution is 2.28. The number of carboxylic acids is 1. The van der Waals surface area contributed by atoms with E-state index < -0.39 is 47.4 Å². The van der Waals surface area contributed by atoms with E-state index in [1.165, 1.54) is 4.68 Å². The molecule has 1 aliphatic rings. The van der Waals surface area contributed by atoms with E-state index in [9.17, 15) is 24.3 Å². The van der Waals surface area contributed by atoms with Crippen LogP contribution >= 0.6 is 23.2 Å². The number of ether oxygens (including phenoxy) is 1. The average molecular weight is 695 g/mol. The van der Waals surface area contributed by atoms with Crippen molar-refractivity contribution in [1.82, 2.24) is 25.3 Å². The number of unbranched alkanes of at least 4 members (excludes halogenated alkanes) is 5. The van der Waals surface area contributed by atoms with Crippen molar-refractivity contribution in [1.29, 1.82) is 0 Å². The van der Waals surface area contributed by atoms with Gasteiger partial charge in [-0.3, -0.25) is 19.1 Å². The highest BCUT2D eigenvalue weighted by molar-refractivity contribution is 6.39. The average Bonchev–Trinajstić information content (AvgIpc) is 3.51. The summed E-state index contributed by atoms with van der Waals surface area (Å²) in [4.78, 5) is 55.0. The third-order valence-electron chi connectivity index (χ3n) is 8.30. The number of piperidine rings is 1. The van der Waals surface area contributed by atoms with Gasteiger partial charge >= 0.3 is 12.1 Å². The molecule has 0 bridgehead atoms. The fraction of sp³-hybridized carbons (Fsp3) is 0.618. The summed E-state index contributed by atoms with van der Waals surface area (Å²) in [6.45, 7) is 8.24. The quantitative estimate of drug-likeness (QED) is 0.169. The Bertz CT molecular complexity index is 1300. The van der Waals surface area contributed by atoms with E-state index in [4.69, 9.17) is 27.9 Å². The number of likely N-dealkylation sites (tertiary alicyclic amines) is 1. The summed E-state index contributed by atoms with van der Waals surface area (Å²) in [5, 5.41) is 21.0. The molecule has 3 atom stereocenters. The topological polar surface area (TPSA) is 143 Å². The molecule has 47 heavy (non-hydrogen) atoms. The maximum Gasteiger partial charge on any atom is 0.410 e. The van der Waals surface area contributed by atoms with Gasteiger partial charge in [-0.1, -0.05) is 74.7 Å². The van der Waals surface area contributed by atoms with Crippen LogP contribution in [-0.2, 0) is 20.9 Å². The Kier molecular flexibility index (Phi) is 14.8. The maximum absolute atomic E-state index is 14.2. The summed E-state index contributed by atoms with van der Waals surface area (Å²) in [6.07, 6.45) is 9.92. The van der Waals surface area contributed by atoms with Crippen LogP contribution in [-0.4, -0.2) is 74.4 Å². The molecule has 1 aromatic heterocycles. The number of nitrogens with zero attached hydrogens (tertiary/aromatic N) is 3. The van der Waals surface area contributed by atoms with Crippen LogP contribution < -0.4 is 10.6 Å². The van der Waals surface area contributed by atoms with Gasteiger partial charge in [0.05, 0.1) is 34.0 Å². The zero-order valence-corrected chi connectivity index (χ0v) is 29.4. The Balaban J connectivity index is 1.89. The molecule has 3 amide bonds. The molecule has 3 unspecified atom stereocenters. The van der Waals surface area contributed by atoms with Gasteiger partial charge in [0.1, 0.15) is 5.60 Å². The molecule has 1 saturated heterocycles. The lowest BCUT2D eigenvalue weighted by Crippen LogP contribution is -2.55. The first kappa shape index (κ1) is 38.1. The number of hydrogen-bond acceptors (Lipinski definition) is 6. The van der Waals surface area contributed by atoms with E-state index in [0.29, 0.717) is 38.8 Å². The smallest absolute Gasteiger partial charge is 0.410 e. The molecule has 1 fully saturated rings. The van der Waals surface area contributed by atoms with Crippen LogP contribution in [0.4, 0.5) is 4.79 Å². The number of halogens is 2. The Labute approximate surface area is 287 Å². The molecule has 0 spiro atoms. The number of carboxylic acid groups (broad SMARTS) is 1. The fourth-order valence-electron chi connectivity index (χ4n) is 5.87. The molecule has 13 heteroatoms. The fourth-order valence-corrected chi connectivity index (χ4v) is 6.44. The van der Waals surface area contributed by atoms with Gasteiger partial charge in [0, 0.05) is 37.6 Å². The number of carbonyl (C=O) groups excluding carboxylic acids is 3. The molecule has 0 radical (unpaired) electrons. The summed E-state index contributed by atoms with van der Waals surface area (Å²) in [6, 6.07) is 5.27. The van der Waals surface area contributed by atoms with Gasteiger partial charge in [0.2, 0.25) is 5.91 Å². The predicted octanol–water partition coefficient (Wildman–Crippen LogP) is 6.57. The van der Waals surface area contributed by atoms with Crippen LogP contribution in [0.15, 0.2) is 36.7 Å². The van der Waals surface area contributed by atoms with E-state index in [1.807, 2.05) is 0 Å². The summed E-state index contributed by atoms with van der Waals surface area (Å²) in [7, 11) is 0. The molecule has 1 aliphatic heterocycles. The second kappa shape index (κ2) is 18.3. The van der Waals surface area contributed by atoms with Gasteiger partial charge in [-0.2, -0.15) is 5.10 Å². The standard InChI is InChI=1S/C34H49Cl2N5O6/c1-5-6-7-8-9-10-15-27(39-31(43)29-25(35)13-11-14-26(29)36)28(24(32(44)45)22-41-19-12-18-37-41)30(42)38-23-16-20-40(21-17-23)33(46)47-34(2,3)4/h11-14,18-19,23-24,27-28H,5-10,15-17,20-22H2,1-4H3,(H,38,42)(H,39,43)(H,44,45). The van der Waals surface area contributed by atoms with Crippen molar-refractivity contribution in [2.24, 2.45) is 11.8 Å². The van der Waals surface area contributed by atoms with E-state index in [-0.39, 0.29) is 28.2 Å². The third kappa shape index (κ3) is 12.0. The SMILES string of the molecule is CCCCCCCCC(NC(=O)c1c(Cl)cccc1Cl)C(C(=O)NC1CCN(C(=O)OC(C)(C)C)CC1)C(Cn1cccn1)C(=O)O. The molecule has 260 valence electrons. The van der Waals surface area contributed by atoms with Crippen molar-refractivity contribution < 1.29 is 29.0 Å². The van der Waals surface area contributed by atoms with E-state index in [1.54, 1.807) is 62.3 Å². The van der Waals surface area contributed by atoms with Crippen molar-refractivity contribution in [2.75, 3.05) is 13.1 Å². The molecule has 1 aromatic carbocycles. The zero-order chi connectivity index (χ0) is 34.6. The number of hydrogen-bond donors (Lipinski definition) is 3. The van der Waals surface area contributed by atoms with Crippen LogP contribution in [0.5, 0.6) is 0 Å². The summed E-state index contributed by atoms with van der Waals surface area (Å²) in [5.74, 6) is -4.62. The third-order valence-corrected chi connectivity index (χ3v) is 8.93. The molecule has 0 saturated carbocycles. The second-order valence-electron chi connectivity index (χ2n) is 13.2. The summed E-state index contributed by atoms with van der Waals surface area (Å²) in [5.41, 5.74) is -0.559. The maximum atomic E-state index is 14.2. The number of rotatable bonds is 16. The highest BCUT2D eigenvalue weighted by Gasteiger charge is 2.42.